The van der Waals surface area contributed by atoms with Crippen LogP contribution in [0.15, 0.2) is 28.7 Å². The lowest BCUT2D eigenvalue weighted by atomic mass is 10.2. The lowest BCUT2D eigenvalue weighted by molar-refractivity contribution is -0.142. The normalized spacial score (nSPS) is 10.2. The van der Waals surface area contributed by atoms with Crippen LogP contribution < -0.4 is 5.32 Å². The summed E-state index contributed by atoms with van der Waals surface area (Å²) in [6, 6.07) is 7.98. The highest BCUT2D eigenvalue weighted by atomic mass is 79.9. The van der Waals surface area contributed by atoms with Gasteiger partial charge in [0.05, 0.1) is 13.2 Å². The minimum Gasteiger partial charge on any atom is -0.465 e. The number of hydrogen-bond acceptors (Lipinski definition) is 3. The summed E-state index contributed by atoms with van der Waals surface area (Å²) in [6.07, 6.45) is 1.97. The van der Waals surface area contributed by atoms with Gasteiger partial charge in [-0.3, -0.25) is 4.79 Å². The maximum atomic E-state index is 11.3. The molecule has 1 aromatic rings. The molecule has 1 rings (SSSR count). The van der Waals surface area contributed by atoms with Crippen molar-refractivity contribution in [3.05, 3.63) is 34.3 Å². The summed E-state index contributed by atoms with van der Waals surface area (Å²) >= 11 is 3.41. The van der Waals surface area contributed by atoms with E-state index < -0.39 is 0 Å². The number of carbonyl (C=O) groups is 1. The largest absolute Gasteiger partial charge is 0.465 e. The van der Waals surface area contributed by atoms with Crippen molar-refractivity contribution in [1.82, 2.24) is 5.32 Å². The first-order chi connectivity index (χ1) is 8.22. The second-order valence-corrected chi connectivity index (χ2v) is 4.72. The predicted octanol–water partition coefficient (Wildman–Crippen LogP) is 2.88. The number of halogens is 1. The first-order valence-electron chi connectivity index (χ1n) is 5.83. The maximum Gasteiger partial charge on any atom is 0.319 e. The average Bonchev–Trinajstić information content (AvgIpc) is 2.29. The minimum atomic E-state index is -0.187. The molecule has 0 aromatic heterocycles. The molecule has 0 bridgehead atoms. The number of hydrogen-bond donors (Lipinski definition) is 1. The number of carbonyl (C=O) groups excluding carboxylic acids is 1. The van der Waals surface area contributed by atoms with Crippen LogP contribution >= 0.6 is 15.9 Å². The lowest BCUT2D eigenvalue weighted by Gasteiger charge is -2.06. The highest BCUT2D eigenvalue weighted by molar-refractivity contribution is 9.10. The second kappa shape index (κ2) is 8.25. The van der Waals surface area contributed by atoms with Crippen molar-refractivity contribution in [3.8, 4) is 0 Å². The number of unbranched alkanes of at least 4 members (excludes halogenated alkanes) is 1. The predicted molar refractivity (Wildman–Crippen MR) is 71.7 cm³/mol. The smallest absolute Gasteiger partial charge is 0.319 e. The number of esters is 1. The van der Waals surface area contributed by atoms with Crippen LogP contribution in [-0.4, -0.2) is 19.1 Å². The third-order valence-electron chi connectivity index (χ3n) is 2.25. The lowest BCUT2D eigenvalue weighted by Crippen LogP contribution is -2.24. The Bertz CT molecular complexity index is 355. The molecular weight excluding hydrogens is 282 g/mol. The molecule has 1 aromatic carbocycles. The Kier molecular flexibility index (Phi) is 6.89. The van der Waals surface area contributed by atoms with Gasteiger partial charge in [-0.15, -0.1) is 0 Å². The van der Waals surface area contributed by atoms with E-state index in [-0.39, 0.29) is 12.5 Å². The van der Waals surface area contributed by atoms with Crippen molar-refractivity contribution in [2.75, 3.05) is 13.2 Å². The third kappa shape index (κ3) is 6.44. The topological polar surface area (TPSA) is 38.3 Å². The number of rotatable bonds is 7. The zero-order chi connectivity index (χ0) is 12.5. The molecule has 0 saturated carbocycles. The Hall–Kier alpha value is -0.870. The summed E-state index contributed by atoms with van der Waals surface area (Å²) in [7, 11) is 0. The molecule has 0 saturated heterocycles. The summed E-state index contributed by atoms with van der Waals surface area (Å²) in [5.41, 5.74) is 1.14. The molecule has 94 valence electrons. The summed E-state index contributed by atoms with van der Waals surface area (Å²) in [4.78, 5) is 11.3. The zero-order valence-corrected chi connectivity index (χ0v) is 11.6. The number of ether oxygens (including phenoxy) is 1. The standard InChI is InChI=1S/C13H18BrNO2/c1-2-3-7-17-13(16)10-15-9-11-5-4-6-12(14)8-11/h4-6,8,15H,2-3,7,9-10H2,1H3. The van der Waals surface area contributed by atoms with Crippen LogP contribution in [0.25, 0.3) is 0 Å². The highest BCUT2D eigenvalue weighted by Gasteiger charge is 2.01. The van der Waals surface area contributed by atoms with Gasteiger partial charge in [0.15, 0.2) is 0 Å². The van der Waals surface area contributed by atoms with Gasteiger partial charge in [-0.2, -0.15) is 0 Å². The van der Waals surface area contributed by atoms with E-state index in [1.807, 2.05) is 24.3 Å². The van der Waals surface area contributed by atoms with E-state index in [2.05, 4.69) is 28.2 Å². The monoisotopic (exact) mass is 299 g/mol. The average molecular weight is 300 g/mol. The van der Waals surface area contributed by atoms with E-state index >= 15 is 0 Å². The van der Waals surface area contributed by atoms with Gasteiger partial charge in [-0.1, -0.05) is 41.4 Å². The molecule has 0 unspecified atom stereocenters. The number of nitrogens with one attached hydrogen (secondary N) is 1. The fourth-order valence-electron chi connectivity index (χ4n) is 1.34. The number of benzene rings is 1. The summed E-state index contributed by atoms with van der Waals surface area (Å²) in [5, 5.41) is 3.06. The van der Waals surface area contributed by atoms with Crippen LogP contribution in [-0.2, 0) is 16.1 Å². The molecule has 0 spiro atoms. The van der Waals surface area contributed by atoms with Crippen molar-refractivity contribution in [2.24, 2.45) is 0 Å². The van der Waals surface area contributed by atoms with E-state index in [4.69, 9.17) is 4.74 Å². The highest BCUT2D eigenvalue weighted by Crippen LogP contribution is 2.11. The Morgan fingerprint density at radius 3 is 3.00 bits per heavy atom. The van der Waals surface area contributed by atoms with Crippen LogP contribution in [0.5, 0.6) is 0 Å². The fourth-order valence-corrected chi connectivity index (χ4v) is 1.78. The van der Waals surface area contributed by atoms with Crippen LogP contribution in [0.4, 0.5) is 0 Å². The molecule has 0 fully saturated rings. The van der Waals surface area contributed by atoms with Gasteiger partial charge in [-0.05, 0) is 24.1 Å². The first-order valence-corrected chi connectivity index (χ1v) is 6.62. The Labute approximate surface area is 111 Å². The summed E-state index contributed by atoms with van der Waals surface area (Å²) < 4.78 is 6.08. The molecule has 0 radical (unpaired) electrons. The minimum absolute atomic E-state index is 0.187. The van der Waals surface area contributed by atoms with Crippen molar-refractivity contribution in [1.29, 1.82) is 0 Å². The van der Waals surface area contributed by atoms with Crippen LogP contribution in [0, 0.1) is 0 Å². The Balaban J connectivity index is 2.17. The van der Waals surface area contributed by atoms with E-state index in [0.29, 0.717) is 13.2 Å². The molecule has 0 aliphatic carbocycles. The van der Waals surface area contributed by atoms with Crippen LogP contribution in [0.2, 0.25) is 0 Å². The van der Waals surface area contributed by atoms with Gasteiger partial charge < -0.3 is 10.1 Å². The van der Waals surface area contributed by atoms with E-state index in [1.165, 1.54) is 0 Å². The summed E-state index contributed by atoms with van der Waals surface area (Å²) in [5.74, 6) is -0.187. The molecule has 4 heteroatoms. The Morgan fingerprint density at radius 2 is 2.29 bits per heavy atom. The molecule has 0 heterocycles. The zero-order valence-electron chi connectivity index (χ0n) is 10.0. The fraction of sp³-hybridized carbons (Fsp3) is 0.462. The van der Waals surface area contributed by atoms with E-state index in [9.17, 15) is 4.79 Å². The maximum absolute atomic E-state index is 11.3. The second-order valence-electron chi connectivity index (χ2n) is 3.81. The molecule has 0 aliphatic heterocycles. The third-order valence-corrected chi connectivity index (χ3v) is 2.74. The molecule has 1 N–H and O–H groups in total. The molecule has 0 amide bonds. The van der Waals surface area contributed by atoms with E-state index in [1.54, 1.807) is 0 Å². The molecule has 3 nitrogen and oxygen atoms in total. The summed E-state index contributed by atoms with van der Waals surface area (Å²) in [6.45, 7) is 3.52. The van der Waals surface area contributed by atoms with Crippen molar-refractivity contribution in [2.45, 2.75) is 26.3 Å². The van der Waals surface area contributed by atoms with Gasteiger partial charge in [0.25, 0.3) is 0 Å². The quantitative estimate of drug-likeness (QED) is 0.621. The van der Waals surface area contributed by atoms with Crippen molar-refractivity contribution < 1.29 is 9.53 Å². The van der Waals surface area contributed by atoms with Crippen LogP contribution in [0.1, 0.15) is 25.3 Å². The van der Waals surface area contributed by atoms with Gasteiger partial charge in [-0.25, -0.2) is 0 Å². The first kappa shape index (κ1) is 14.2. The van der Waals surface area contributed by atoms with Gasteiger partial charge in [0.2, 0.25) is 0 Å². The van der Waals surface area contributed by atoms with Crippen LogP contribution in [0.3, 0.4) is 0 Å². The van der Waals surface area contributed by atoms with Crippen molar-refractivity contribution in [3.63, 3.8) is 0 Å². The molecule has 0 atom stereocenters. The van der Waals surface area contributed by atoms with Gasteiger partial charge in [0, 0.05) is 11.0 Å². The van der Waals surface area contributed by atoms with Gasteiger partial charge >= 0.3 is 5.97 Å². The molecule has 0 aliphatic rings. The molecular formula is C13H18BrNO2. The SMILES string of the molecule is CCCCOC(=O)CNCc1cccc(Br)c1. The van der Waals surface area contributed by atoms with Gasteiger partial charge in [0.1, 0.15) is 0 Å². The molecule has 17 heavy (non-hydrogen) atoms. The van der Waals surface area contributed by atoms with E-state index in [0.717, 1.165) is 22.9 Å². The van der Waals surface area contributed by atoms with Crippen molar-refractivity contribution >= 4 is 21.9 Å². The Morgan fingerprint density at radius 1 is 1.47 bits per heavy atom.